The van der Waals surface area contributed by atoms with E-state index in [0.29, 0.717) is 9.82 Å². The molecule has 0 amide bonds. The number of aryl methyl sites for hydroxylation is 1. The van der Waals surface area contributed by atoms with Crippen LogP contribution in [0.4, 0.5) is 0 Å². The molecule has 4 heteroatoms. The van der Waals surface area contributed by atoms with E-state index in [4.69, 9.17) is 16.0 Å². The van der Waals surface area contributed by atoms with Crippen molar-refractivity contribution in [2.75, 3.05) is 0 Å². The highest BCUT2D eigenvalue weighted by atomic mass is 79.9. The molecule has 0 saturated heterocycles. The van der Waals surface area contributed by atoms with Crippen LogP contribution in [0.3, 0.4) is 0 Å². The van der Waals surface area contributed by atoms with Crippen LogP contribution in [-0.2, 0) is 6.42 Å². The number of oxazole rings is 1. The summed E-state index contributed by atoms with van der Waals surface area (Å²) in [7, 11) is 0. The Morgan fingerprint density at radius 1 is 1.47 bits per heavy atom. The Bertz CT molecular complexity index is 481. The van der Waals surface area contributed by atoms with Gasteiger partial charge in [-0.25, -0.2) is 4.98 Å². The summed E-state index contributed by atoms with van der Waals surface area (Å²) < 4.78 is 5.42. The second kappa shape index (κ2) is 4.37. The SMILES string of the molecule is CCc1oc(Br)nc1-c1cccc(Cl)c1. The predicted octanol–water partition coefficient (Wildman–Crippen LogP) is 4.32. The molecule has 0 aliphatic rings. The molecule has 0 radical (unpaired) electrons. The Kier molecular flexibility index (Phi) is 3.12. The van der Waals surface area contributed by atoms with Gasteiger partial charge >= 0.3 is 0 Å². The largest absolute Gasteiger partial charge is 0.436 e. The zero-order chi connectivity index (χ0) is 10.8. The summed E-state index contributed by atoms with van der Waals surface area (Å²) >= 11 is 9.16. The standard InChI is InChI=1S/C11H9BrClNO/c1-2-9-10(14-11(12)15-9)7-4-3-5-8(13)6-7/h3-6H,2H2,1H3. The molecule has 1 heterocycles. The lowest BCUT2D eigenvalue weighted by atomic mass is 10.1. The molecule has 1 aromatic carbocycles. The summed E-state index contributed by atoms with van der Waals surface area (Å²) in [5.41, 5.74) is 1.83. The summed E-state index contributed by atoms with van der Waals surface area (Å²) in [4.78, 5) is 4.79. The smallest absolute Gasteiger partial charge is 0.264 e. The molecule has 0 saturated carbocycles. The van der Waals surface area contributed by atoms with E-state index in [2.05, 4.69) is 20.9 Å². The first-order valence-electron chi connectivity index (χ1n) is 4.62. The van der Waals surface area contributed by atoms with Crippen LogP contribution >= 0.6 is 27.5 Å². The third-order valence-electron chi connectivity index (χ3n) is 2.09. The Hall–Kier alpha value is -0.800. The van der Waals surface area contributed by atoms with E-state index in [1.165, 1.54) is 0 Å². The van der Waals surface area contributed by atoms with Crippen LogP contribution in [0, 0.1) is 0 Å². The molecule has 0 aliphatic heterocycles. The Morgan fingerprint density at radius 2 is 2.27 bits per heavy atom. The fourth-order valence-electron chi connectivity index (χ4n) is 1.42. The molecular weight excluding hydrogens is 277 g/mol. The van der Waals surface area contributed by atoms with E-state index >= 15 is 0 Å². The zero-order valence-electron chi connectivity index (χ0n) is 8.13. The van der Waals surface area contributed by atoms with Crippen molar-refractivity contribution in [2.45, 2.75) is 13.3 Å². The summed E-state index contributed by atoms with van der Waals surface area (Å²) in [5, 5.41) is 0.702. The van der Waals surface area contributed by atoms with Gasteiger partial charge in [0, 0.05) is 32.9 Å². The molecule has 0 spiro atoms. The van der Waals surface area contributed by atoms with Gasteiger partial charge in [-0.1, -0.05) is 30.7 Å². The van der Waals surface area contributed by atoms with Crippen LogP contribution in [0.2, 0.25) is 5.02 Å². The predicted molar refractivity (Wildman–Crippen MR) is 64.0 cm³/mol. The lowest BCUT2D eigenvalue weighted by Gasteiger charge is -1.98. The highest BCUT2D eigenvalue weighted by Crippen LogP contribution is 2.28. The lowest BCUT2D eigenvalue weighted by Crippen LogP contribution is -1.83. The molecule has 78 valence electrons. The summed E-state index contributed by atoms with van der Waals surface area (Å²) in [6.07, 6.45) is 0.806. The third-order valence-corrected chi connectivity index (χ3v) is 2.66. The van der Waals surface area contributed by atoms with Crippen LogP contribution < -0.4 is 0 Å². The molecule has 2 rings (SSSR count). The summed E-state index contributed by atoms with van der Waals surface area (Å²) in [5.74, 6) is 0.865. The molecule has 15 heavy (non-hydrogen) atoms. The number of rotatable bonds is 2. The number of hydrogen-bond donors (Lipinski definition) is 0. The van der Waals surface area contributed by atoms with E-state index < -0.39 is 0 Å². The maximum atomic E-state index is 5.93. The maximum absolute atomic E-state index is 5.93. The van der Waals surface area contributed by atoms with Crippen LogP contribution in [0.25, 0.3) is 11.3 Å². The molecule has 2 aromatic rings. The van der Waals surface area contributed by atoms with Gasteiger partial charge in [0.15, 0.2) is 0 Å². The lowest BCUT2D eigenvalue weighted by molar-refractivity contribution is 0.486. The fourth-order valence-corrected chi connectivity index (χ4v) is 1.99. The summed E-state index contributed by atoms with van der Waals surface area (Å²) in [6.45, 7) is 2.03. The average molecular weight is 287 g/mol. The average Bonchev–Trinajstić information content (AvgIpc) is 2.59. The molecule has 0 bridgehead atoms. The van der Waals surface area contributed by atoms with Crippen molar-refractivity contribution in [1.29, 1.82) is 0 Å². The minimum absolute atomic E-state index is 0.509. The van der Waals surface area contributed by atoms with Crippen molar-refractivity contribution in [3.8, 4) is 11.3 Å². The minimum Gasteiger partial charge on any atom is -0.436 e. The number of benzene rings is 1. The van der Waals surface area contributed by atoms with Crippen molar-refractivity contribution in [3.63, 3.8) is 0 Å². The van der Waals surface area contributed by atoms with E-state index in [1.807, 2.05) is 31.2 Å². The van der Waals surface area contributed by atoms with Crippen molar-refractivity contribution in [1.82, 2.24) is 4.98 Å². The van der Waals surface area contributed by atoms with Crippen molar-refractivity contribution in [3.05, 3.63) is 39.8 Å². The van der Waals surface area contributed by atoms with Crippen LogP contribution in [-0.4, -0.2) is 4.98 Å². The molecule has 1 aromatic heterocycles. The number of nitrogens with zero attached hydrogens (tertiary/aromatic N) is 1. The molecule has 0 unspecified atom stereocenters. The Balaban J connectivity index is 2.53. The highest BCUT2D eigenvalue weighted by molar-refractivity contribution is 9.10. The first-order chi connectivity index (χ1) is 7.20. The van der Waals surface area contributed by atoms with Crippen LogP contribution in [0.15, 0.2) is 33.5 Å². The van der Waals surface area contributed by atoms with Gasteiger partial charge in [-0.2, -0.15) is 0 Å². The van der Waals surface area contributed by atoms with Gasteiger partial charge in [0.2, 0.25) is 0 Å². The molecule has 0 atom stereocenters. The third kappa shape index (κ3) is 2.24. The van der Waals surface area contributed by atoms with Gasteiger partial charge in [-0.05, 0) is 12.1 Å². The van der Waals surface area contributed by atoms with Crippen molar-refractivity contribution < 1.29 is 4.42 Å². The maximum Gasteiger partial charge on any atom is 0.264 e. The first kappa shape index (κ1) is 10.7. The number of hydrogen-bond acceptors (Lipinski definition) is 2. The molecular formula is C11H9BrClNO. The van der Waals surface area contributed by atoms with E-state index in [1.54, 1.807) is 0 Å². The van der Waals surface area contributed by atoms with Gasteiger partial charge in [-0.3, -0.25) is 0 Å². The topological polar surface area (TPSA) is 26.0 Å². The normalized spacial score (nSPS) is 10.6. The van der Waals surface area contributed by atoms with Gasteiger partial charge < -0.3 is 4.42 Å². The first-order valence-corrected chi connectivity index (χ1v) is 5.79. The highest BCUT2D eigenvalue weighted by Gasteiger charge is 2.11. The van der Waals surface area contributed by atoms with Gasteiger partial charge in [0.1, 0.15) is 11.5 Å². The molecule has 0 aliphatic carbocycles. The van der Waals surface area contributed by atoms with Crippen molar-refractivity contribution in [2.24, 2.45) is 0 Å². The quantitative estimate of drug-likeness (QED) is 0.822. The fraction of sp³-hybridized carbons (Fsp3) is 0.182. The van der Waals surface area contributed by atoms with Crippen LogP contribution in [0.5, 0.6) is 0 Å². The van der Waals surface area contributed by atoms with Gasteiger partial charge in [0.25, 0.3) is 4.80 Å². The Labute approximate surface area is 101 Å². The van der Waals surface area contributed by atoms with Gasteiger partial charge in [0.05, 0.1) is 0 Å². The van der Waals surface area contributed by atoms with Gasteiger partial charge in [-0.15, -0.1) is 0 Å². The Morgan fingerprint density at radius 3 is 2.93 bits per heavy atom. The number of aromatic nitrogens is 1. The van der Waals surface area contributed by atoms with E-state index in [-0.39, 0.29) is 0 Å². The van der Waals surface area contributed by atoms with Crippen LogP contribution in [0.1, 0.15) is 12.7 Å². The number of halogens is 2. The van der Waals surface area contributed by atoms with E-state index in [9.17, 15) is 0 Å². The molecule has 0 fully saturated rings. The van der Waals surface area contributed by atoms with E-state index in [0.717, 1.165) is 23.4 Å². The summed E-state index contributed by atoms with van der Waals surface area (Å²) in [6, 6.07) is 7.59. The molecule has 0 N–H and O–H groups in total. The second-order valence-corrected chi connectivity index (χ2v) is 4.22. The second-order valence-electron chi connectivity index (χ2n) is 3.10. The zero-order valence-corrected chi connectivity index (χ0v) is 10.5. The monoisotopic (exact) mass is 285 g/mol. The van der Waals surface area contributed by atoms with Crippen molar-refractivity contribution >= 4 is 27.5 Å². The molecule has 2 nitrogen and oxygen atoms in total. The minimum atomic E-state index is 0.509.